The van der Waals surface area contributed by atoms with Gasteiger partial charge in [0.2, 0.25) is 0 Å². The maximum atomic E-state index is 14.2. The molecule has 2 aliphatic carbocycles. The molecule has 2 N–H and O–H groups in total. The molecule has 6 rings (SSSR count). The number of β-amino-alcohol motifs (C(OH)–C–C–N with tert-alkyl or cyclic N) is 1. The van der Waals surface area contributed by atoms with Crippen molar-refractivity contribution in [1.29, 1.82) is 0 Å². The highest BCUT2D eigenvalue weighted by atomic mass is 16.3. The molecule has 0 spiro atoms. The van der Waals surface area contributed by atoms with Gasteiger partial charge in [0.1, 0.15) is 5.75 Å². The van der Waals surface area contributed by atoms with Gasteiger partial charge in [-0.15, -0.1) is 0 Å². The van der Waals surface area contributed by atoms with Crippen molar-refractivity contribution in [2.75, 3.05) is 26.2 Å². The second kappa shape index (κ2) is 10.3. The zero-order valence-electron chi connectivity index (χ0n) is 23.4. The molecule has 0 unspecified atom stereocenters. The SMILES string of the molecule is CC(C)CN(C(=O)c1ccc2ccccc2c1)[C@@H]1CC[C@]2(O)CN(CC3CC3)CC[C@@]2(c2cccc(O)c2)C1. The van der Waals surface area contributed by atoms with E-state index in [1.54, 1.807) is 6.07 Å². The van der Waals surface area contributed by atoms with Crippen molar-refractivity contribution in [2.45, 2.75) is 69.4 Å². The number of hydrogen-bond donors (Lipinski definition) is 2. The predicted molar refractivity (Wildman–Crippen MR) is 156 cm³/mol. The number of carbonyl (C=O) groups excluding carboxylic acids is 1. The van der Waals surface area contributed by atoms with E-state index in [0.717, 1.165) is 53.7 Å². The number of phenolic OH excluding ortho intramolecular Hbond substituents is 1. The lowest BCUT2D eigenvalue weighted by Gasteiger charge is -2.59. The summed E-state index contributed by atoms with van der Waals surface area (Å²) in [6, 6.07) is 21.7. The summed E-state index contributed by atoms with van der Waals surface area (Å²) in [4.78, 5) is 18.7. The Bertz CT molecular complexity index is 1350. The lowest BCUT2D eigenvalue weighted by Crippen LogP contribution is -2.67. The van der Waals surface area contributed by atoms with Gasteiger partial charge in [0, 0.05) is 36.7 Å². The van der Waals surface area contributed by atoms with Gasteiger partial charge < -0.3 is 20.0 Å². The summed E-state index contributed by atoms with van der Waals surface area (Å²) in [6.45, 7) is 7.68. The van der Waals surface area contributed by atoms with E-state index in [9.17, 15) is 15.0 Å². The van der Waals surface area contributed by atoms with Gasteiger partial charge in [0.05, 0.1) is 5.60 Å². The summed E-state index contributed by atoms with van der Waals surface area (Å²) in [7, 11) is 0. The Morgan fingerprint density at radius 2 is 1.79 bits per heavy atom. The van der Waals surface area contributed by atoms with E-state index in [1.807, 2.05) is 42.5 Å². The predicted octanol–water partition coefficient (Wildman–Crippen LogP) is 5.98. The molecular weight excluding hydrogens is 484 g/mol. The third kappa shape index (κ3) is 5.07. The van der Waals surface area contributed by atoms with Gasteiger partial charge in [-0.25, -0.2) is 0 Å². The van der Waals surface area contributed by atoms with Crippen LogP contribution in [-0.4, -0.2) is 63.7 Å². The largest absolute Gasteiger partial charge is 0.508 e. The molecule has 5 nitrogen and oxygen atoms in total. The third-order valence-corrected chi connectivity index (χ3v) is 9.58. The minimum atomic E-state index is -0.889. The van der Waals surface area contributed by atoms with Gasteiger partial charge in [-0.3, -0.25) is 4.79 Å². The zero-order valence-corrected chi connectivity index (χ0v) is 23.4. The molecule has 1 amide bonds. The molecule has 1 saturated heterocycles. The highest BCUT2D eigenvalue weighted by Crippen LogP contribution is 2.53. The van der Waals surface area contributed by atoms with Crippen molar-refractivity contribution in [2.24, 2.45) is 11.8 Å². The molecule has 1 aliphatic heterocycles. The highest BCUT2D eigenvalue weighted by Gasteiger charge is 2.58. The van der Waals surface area contributed by atoms with Crippen LogP contribution in [0.2, 0.25) is 0 Å². The zero-order chi connectivity index (χ0) is 27.2. The summed E-state index contributed by atoms with van der Waals surface area (Å²) in [6.07, 6.45) is 5.56. The molecule has 2 saturated carbocycles. The standard InChI is InChI=1S/C34H42N2O3/c1-24(2)21-36(32(38)28-13-12-26-6-3-4-7-27(26)18-28)30-14-15-34(39)23-35(22-25-10-11-25)17-16-33(34,20-30)29-8-5-9-31(37)19-29/h3-9,12-13,18-19,24-25,30,37,39H,10-11,14-17,20-23H2,1-2H3/t30-,33+,34+/m1/s1. The first-order valence-electron chi connectivity index (χ1n) is 14.8. The number of nitrogens with zero attached hydrogens (tertiary/aromatic N) is 2. The van der Waals surface area contributed by atoms with Crippen LogP contribution in [0.15, 0.2) is 66.7 Å². The topological polar surface area (TPSA) is 64.0 Å². The number of rotatable bonds is 7. The second-order valence-electron chi connectivity index (χ2n) is 12.9. The van der Waals surface area contributed by atoms with E-state index in [-0.39, 0.29) is 17.7 Å². The Labute approximate surface area is 232 Å². The van der Waals surface area contributed by atoms with Crippen LogP contribution in [0.1, 0.15) is 68.3 Å². The number of fused-ring (bicyclic) bond motifs is 2. The Balaban J connectivity index is 1.35. The van der Waals surface area contributed by atoms with Crippen LogP contribution < -0.4 is 0 Å². The Morgan fingerprint density at radius 3 is 2.54 bits per heavy atom. The molecule has 3 fully saturated rings. The van der Waals surface area contributed by atoms with Crippen LogP contribution in [0.3, 0.4) is 0 Å². The maximum Gasteiger partial charge on any atom is 0.254 e. The summed E-state index contributed by atoms with van der Waals surface area (Å²) in [5.74, 6) is 1.41. The number of aromatic hydroxyl groups is 1. The lowest BCUT2D eigenvalue weighted by atomic mass is 9.55. The van der Waals surface area contributed by atoms with Crippen LogP contribution in [0.25, 0.3) is 10.8 Å². The van der Waals surface area contributed by atoms with Crippen molar-refractivity contribution >= 4 is 16.7 Å². The van der Waals surface area contributed by atoms with Crippen LogP contribution in [0.5, 0.6) is 5.75 Å². The number of hydrogen-bond acceptors (Lipinski definition) is 4. The van der Waals surface area contributed by atoms with Gasteiger partial charge in [0.25, 0.3) is 5.91 Å². The minimum Gasteiger partial charge on any atom is -0.508 e. The average molecular weight is 527 g/mol. The van der Waals surface area contributed by atoms with E-state index in [0.29, 0.717) is 31.8 Å². The quantitative estimate of drug-likeness (QED) is 0.398. The molecule has 3 aliphatic rings. The van der Waals surface area contributed by atoms with Gasteiger partial charge in [-0.2, -0.15) is 0 Å². The fourth-order valence-corrected chi connectivity index (χ4v) is 7.40. The first-order valence-corrected chi connectivity index (χ1v) is 14.8. The Hall–Kier alpha value is -2.89. The van der Waals surface area contributed by atoms with E-state index in [1.165, 1.54) is 12.8 Å². The Morgan fingerprint density at radius 1 is 1.00 bits per heavy atom. The molecule has 0 radical (unpaired) electrons. The van der Waals surface area contributed by atoms with E-state index < -0.39 is 11.0 Å². The second-order valence-corrected chi connectivity index (χ2v) is 12.9. The van der Waals surface area contributed by atoms with Crippen molar-refractivity contribution in [3.63, 3.8) is 0 Å². The summed E-state index contributed by atoms with van der Waals surface area (Å²) in [5, 5.41) is 25.1. The van der Waals surface area contributed by atoms with Crippen molar-refractivity contribution < 1.29 is 15.0 Å². The van der Waals surface area contributed by atoms with Crippen LogP contribution in [0, 0.1) is 11.8 Å². The number of amides is 1. The lowest BCUT2D eigenvalue weighted by molar-refractivity contribution is -0.133. The fourth-order valence-electron chi connectivity index (χ4n) is 7.40. The van der Waals surface area contributed by atoms with Crippen molar-refractivity contribution in [3.05, 3.63) is 77.9 Å². The maximum absolute atomic E-state index is 14.2. The molecule has 206 valence electrons. The number of benzene rings is 3. The number of aliphatic hydroxyl groups is 1. The first-order chi connectivity index (χ1) is 18.8. The number of likely N-dealkylation sites (tertiary alicyclic amines) is 1. The monoisotopic (exact) mass is 526 g/mol. The van der Waals surface area contributed by atoms with Crippen LogP contribution >= 0.6 is 0 Å². The van der Waals surface area contributed by atoms with E-state index >= 15 is 0 Å². The average Bonchev–Trinajstić information content (AvgIpc) is 3.74. The normalized spacial score (nSPS) is 27.4. The van der Waals surface area contributed by atoms with Crippen LogP contribution in [0.4, 0.5) is 0 Å². The molecule has 3 aromatic rings. The smallest absolute Gasteiger partial charge is 0.254 e. The summed E-state index contributed by atoms with van der Waals surface area (Å²) < 4.78 is 0. The van der Waals surface area contributed by atoms with E-state index in [2.05, 4.69) is 41.8 Å². The third-order valence-electron chi connectivity index (χ3n) is 9.58. The molecule has 0 bridgehead atoms. The molecule has 0 aromatic heterocycles. The molecule has 1 heterocycles. The Kier molecular flexibility index (Phi) is 6.93. The van der Waals surface area contributed by atoms with Gasteiger partial charge >= 0.3 is 0 Å². The molecule has 5 heteroatoms. The van der Waals surface area contributed by atoms with Gasteiger partial charge in [0.15, 0.2) is 0 Å². The number of carbonyl (C=O) groups is 1. The van der Waals surface area contributed by atoms with Gasteiger partial charge in [-0.1, -0.05) is 56.3 Å². The molecule has 3 aromatic carbocycles. The number of piperidine rings is 1. The first kappa shape index (κ1) is 26.3. The minimum absolute atomic E-state index is 0.0176. The fraction of sp³-hybridized carbons (Fsp3) is 0.500. The molecular formula is C34H42N2O3. The summed E-state index contributed by atoms with van der Waals surface area (Å²) in [5.41, 5.74) is 0.331. The van der Waals surface area contributed by atoms with E-state index in [4.69, 9.17) is 0 Å². The van der Waals surface area contributed by atoms with Crippen molar-refractivity contribution in [3.8, 4) is 5.75 Å². The molecule has 39 heavy (non-hydrogen) atoms. The highest BCUT2D eigenvalue weighted by molar-refractivity contribution is 5.98. The number of phenols is 1. The van der Waals surface area contributed by atoms with Gasteiger partial charge in [-0.05, 0) is 97.5 Å². The van der Waals surface area contributed by atoms with Crippen LogP contribution in [-0.2, 0) is 5.41 Å². The molecule has 3 atom stereocenters. The van der Waals surface area contributed by atoms with Crippen molar-refractivity contribution in [1.82, 2.24) is 9.80 Å². The summed E-state index contributed by atoms with van der Waals surface area (Å²) >= 11 is 0.